The van der Waals surface area contributed by atoms with Gasteiger partial charge < -0.3 is 9.64 Å². The summed E-state index contributed by atoms with van der Waals surface area (Å²) < 4.78 is 65.5. The molecule has 11 heteroatoms. The number of amides is 1. The smallest absolute Gasteiger partial charge is 0.406 e. The molecule has 0 radical (unpaired) electrons. The fraction of sp³-hybridized carbons (Fsp3) is 0.333. The molecule has 2 aromatic carbocycles. The van der Waals surface area contributed by atoms with Gasteiger partial charge in [-0.1, -0.05) is 41.6 Å². The average Bonchev–Trinajstić information content (AvgIpc) is 3.12. The van der Waals surface area contributed by atoms with Gasteiger partial charge >= 0.3 is 6.36 Å². The highest BCUT2D eigenvalue weighted by atomic mass is 32.2. The lowest BCUT2D eigenvalue weighted by atomic mass is 10.1. The first-order chi connectivity index (χ1) is 15.0. The molecule has 0 bridgehead atoms. The molecule has 0 aliphatic carbocycles. The highest BCUT2D eigenvalue weighted by Crippen LogP contribution is 2.41. The van der Waals surface area contributed by atoms with Gasteiger partial charge in [0.15, 0.2) is 15.0 Å². The number of hydrogen-bond donors (Lipinski definition) is 0. The lowest BCUT2D eigenvalue weighted by molar-refractivity contribution is -0.274. The number of anilines is 1. The van der Waals surface area contributed by atoms with Gasteiger partial charge in [0, 0.05) is 10.9 Å². The van der Waals surface area contributed by atoms with Crippen molar-refractivity contribution in [2.24, 2.45) is 4.99 Å². The molecule has 0 aromatic heterocycles. The third-order valence-electron chi connectivity index (χ3n) is 5.07. The number of carbonyl (C=O) groups excluding carboxylic acids is 1. The number of ether oxygens (including phenoxy) is 1. The Morgan fingerprint density at radius 3 is 2.56 bits per heavy atom. The number of fused-ring (bicyclic) bond motifs is 1. The normalized spacial score (nSPS) is 23.4. The first-order valence-corrected chi connectivity index (χ1v) is 12.4. The van der Waals surface area contributed by atoms with Crippen LogP contribution in [0.25, 0.3) is 0 Å². The van der Waals surface area contributed by atoms with E-state index in [-0.39, 0.29) is 29.1 Å². The first kappa shape index (κ1) is 22.7. The fourth-order valence-corrected chi connectivity index (χ4v) is 7.75. The van der Waals surface area contributed by atoms with Crippen molar-refractivity contribution in [2.45, 2.75) is 31.0 Å². The van der Waals surface area contributed by atoms with E-state index in [1.54, 1.807) is 4.90 Å². The van der Waals surface area contributed by atoms with Crippen LogP contribution in [-0.2, 0) is 21.1 Å². The van der Waals surface area contributed by atoms with Crippen LogP contribution in [0.15, 0.2) is 53.5 Å². The van der Waals surface area contributed by atoms with Crippen molar-refractivity contribution >= 4 is 38.4 Å². The monoisotopic (exact) mass is 484 g/mol. The molecule has 0 spiro atoms. The summed E-state index contributed by atoms with van der Waals surface area (Å²) in [4.78, 5) is 18.5. The number of carbonyl (C=O) groups is 1. The Balaban J connectivity index is 1.61. The maximum atomic E-state index is 12.6. The molecule has 2 saturated heterocycles. The van der Waals surface area contributed by atoms with Crippen molar-refractivity contribution in [1.29, 1.82) is 0 Å². The summed E-state index contributed by atoms with van der Waals surface area (Å²) in [5.41, 5.74) is 2.27. The van der Waals surface area contributed by atoms with Crippen LogP contribution in [-0.4, -0.2) is 48.7 Å². The van der Waals surface area contributed by atoms with Crippen LogP contribution in [0.5, 0.6) is 5.75 Å². The summed E-state index contributed by atoms with van der Waals surface area (Å²) >= 11 is 1.21. The number of rotatable bonds is 4. The predicted molar refractivity (Wildman–Crippen MR) is 117 cm³/mol. The minimum absolute atomic E-state index is 0.0425. The van der Waals surface area contributed by atoms with E-state index < -0.39 is 28.0 Å². The third-order valence-corrected chi connectivity index (χ3v) is 8.28. The molecule has 2 aliphatic heterocycles. The van der Waals surface area contributed by atoms with Crippen molar-refractivity contribution in [3.63, 3.8) is 0 Å². The van der Waals surface area contributed by atoms with Gasteiger partial charge in [0.25, 0.3) is 5.91 Å². The first-order valence-electron chi connectivity index (χ1n) is 9.68. The summed E-state index contributed by atoms with van der Waals surface area (Å²) in [5, 5.41) is 0.0358. The maximum absolute atomic E-state index is 12.6. The number of benzene rings is 2. The highest BCUT2D eigenvalue weighted by Gasteiger charge is 2.49. The molecule has 6 nitrogen and oxygen atoms in total. The van der Waals surface area contributed by atoms with Crippen LogP contribution in [0.2, 0.25) is 0 Å². The molecule has 32 heavy (non-hydrogen) atoms. The number of halogens is 3. The fourth-order valence-electron chi connectivity index (χ4n) is 3.82. The van der Waals surface area contributed by atoms with E-state index in [9.17, 15) is 26.4 Å². The van der Waals surface area contributed by atoms with Crippen molar-refractivity contribution in [1.82, 2.24) is 0 Å². The van der Waals surface area contributed by atoms with E-state index >= 15 is 0 Å². The molecule has 0 saturated carbocycles. The molecule has 2 fully saturated rings. The third kappa shape index (κ3) is 5.26. The second kappa shape index (κ2) is 8.43. The number of hydrogen-bond acceptors (Lipinski definition) is 5. The largest absolute Gasteiger partial charge is 0.573 e. The lowest BCUT2D eigenvalue weighted by Gasteiger charge is -2.24. The summed E-state index contributed by atoms with van der Waals surface area (Å²) in [6.07, 6.45) is -4.73. The van der Waals surface area contributed by atoms with Gasteiger partial charge in [-0.25, -0.2) is 8.42 Å². The van der Waals surface area contributed by atoms with E-state index in [0.717, 1.165) is 23.3 Å². The van der Waals surface area contributed by atoms with Gasteiger partial charge in [-0.05, 0) is 36.8 Å². The molecule has 2 aromatic rings. The zero-order chi connectivity index (χ0) is 23.1. The van der Waals surface area contributed by atoms with E-state index in [4.69, 9.17) is 0 Å². The van der Waals surface area contributed by atoms with Crippen LogP contribution >= 0.6 is 11.8 Å². The minimum Gasteiger partial charge on any atom is -0.406 e. The maximum Gasteiger partial charge on any atom is 0.573 e. The van der Waals surface area contributed by atoms with Gasteiger partial charge in [0.05, 0.1) is 24.0 Å². The van der Waals surface area contributed by atoms with Gasteiger partial charge in [0.1, 0.15) is 5.75 Å². The zero-order valence-electron chi connectivity index (χ0n) is 16.9. The molecule has 2 aliphatic rings. The van der Waals surface area contributed by atoms with Crippen molar-refractivity contribution in [3.8, 4) is 5.75 Å². The second-order valence-electron chi connectivity index (χ2n) is 7.67. The van der Waals surface area contributed by atoms with E-state index in [1.807, 2.05) is 31.2 Å². The Labute approximate surface area is 187 Å². The molecule has 170 valence electrons. The van der Waals surface area contributed by atoms with Crippen LogP contribution in [0.4, 0.5) is 18.9 Å². The van der Waals surface area contributed by atoms with Crippen LogP contribution in [0.3, 0.4) is 0 Å². The minimum atomic E-state index is -4.82. The number of nitrogens with zero attached hydrogens (tertiary/aromatic N) is 2. The van der Waals surface area contributed by atoms with E-state index in [2.05, 4.69) is 9.73 Å². The van der Waals surface area contributed by atoms with Crippen LogP contribution < -0.4 is 9.64 Å². The Kier molecular flexibility index (Phi) is 5.97. The Hall–Kier alpha value is -2.53. The van der Waals surface area contributed by atoms with Gasteiger partial charge in [-0.3, -0.25) is 4.79 Å². The Bertz CT molecular complexity index is 1160. The highest BCUT2D eigenvalue weighted by molar-refractivity contribution is 8.16. The molecule has 4 rings (SSSR count). The van der Waals surface area contributed by atoms with Gasteiger partial charge in [0.2, 0.25) is 0 Å². The summed E-state index contributed by atoms with van der Waals surface area (Å²) in [6.45, 7) is 1.92. The molecule has 1 amide bonds. The molecular weight excluding hydrogens is 465 g/mol. The number of aryl methyl sites for hydroxylation is 1. The Morgan fingerprint density at radius 2 is 1.91 bits per heavy atom. The standard InChI is InChI=1S/C21H19F3N2O4S2/c1-13-3-2-4-14(9-13)10-19(27)25-20-26(17-11-32(28,29)12-18(17)31-20)15-5-7-16(8-6-15)30-21(22,23)24/h2-9,17-18H,10-12H2,1H3/t17-,18+/m0/s1. The molecule has 0 unspecified atom stereocenters. The zero-order valence-corrected chi connectivity index (χ0v) is 18.5. The summed E-state index contributed by atoms with van der Waals surface area (Å²) in [5.74, 6) is -0.934. The number of sulfone groups is 1. The van der Waals surface area contributed by atoms with Crippen molar-refractivity contribution in [3.05, 3.63) is 59.7 Å². The molecule has 0 N–H and O–H groups in total. The van der Waals surface area contributed by atoms with Crippen LogP contribution in [0.1, 0.15) is 11.1 Å². The second-order valence-corrected chi connectivity index (χ2v) is 11.0. The SMILES string of the molecule is Cc1cccc(CC(=O)N=C2S[C@@H]3CS(=O)(=O)C[C@@H]3N2c2ccc(OC(F)(F)F)cc2)c1. The molecule has 2 atom stereocenters. The predicted octanol–water partition coefficient (Wildman–Crippen LogP) is 3.74. The molecule has 2 heterocycles. The number of alkyl halides is 3. The van der Waals surface area contributed by atoms with Crippen molar-refractivity contribution in [2.75, 3.05) is 16.4 Å². The van der Waals surface area contributed by atoms with Crippen LogP contribution in [0, 0.1) is 6.92 Å². The lowest BCUT2D eigenvalue weighted by Crippen LogP contribution is -2.37. The van der Waals surface area contributed by atoms with E-state index in [0.29, 0.717) is 10.9 Å². The summed E-state index contributed by atoms with van der Waals surface area (Å²) in [6, 6.07) is 12.1. The average molecular weight is 485 g/mol. The van der Waals surface area contributed by atoms with Gasteiger partial charge in [-0.15, -0.1) is 13.2 Å². The quantitative estimate of drug-likeness (QED) is 0.658. The topological polar surface area (TPSA) is 76.0 Å². The summed E-state index contributed by atoms with van der Waals surface area (Å²) in [7, 11) is -3.26. The molecular formula is C21H19F3N2O4S2. The number of aliphatic imine (C=N–C) groups is 1. The van der Waals surface area contributed by atoms with Gasteiger partial charge in [-0.2, -0.15) is 4.99 Å². The van der Waals surface area contributed by atoms with E-state index in [1.165, 1.54) is 23.9 Å². The number of amidine groups is 1. The Morgan fingerprint density at radius 1 is 1.19 bits per heavy atom. The number of thioether (sulfide) groups is 1. The van der Waals surface area contributed by atoms with Crippen molar-refractivity contribution < 1.29 is 31.1 Å².